The van der Waals surface area contributed by atoms with Gasteiger partial charge < -0.3 is 4.90 Å². The van der Waals surface area contributed by atoms with Crippen LogP contribution in [-0.2, 0) is 0 Å². The van der Waals surface area contributed by atoms with Gasteiger partial charge >= 0.3 is 0 Å². The molecule has 1 saturated heterocycles. The van der Waals surface area contributed by atoms with Crippen molar-refractivity contribution in [2.45, 2.75) is 26.3 Å². The maximum Gasteiger partial charge on any atom is 0.153 e. The Morgan fingerprint density at radius 3 is 2.91 bits per heavy atom. The van der Waals surface area contributed by atoms with Crippen LogP contribution in [0.4, 0.5) is 10.2 Å². The number of fused-ring (bicyclic) bond motifs is 1. The predicted molar refractivity (Wildman–Crippen MR) is 88.0 cm³/mol. The van der Waals surface area contributed by atoms with Crippen LogP contribution >= 0.6 is 0 Å². The van der Waals surface area contributed by atoms with E-state index in [0.717, 1.165) is 35.7 Å². The van der Waals surface area contributed by atoms with E-state index in [0.29, 0.717) is 5.92 Å². The topological polar surface area (TPSA) is 33.4 Å². The van der Waals surface area contributed by atoms with E-state index in [-0.39, 0.29) is 11.9 Å². The van der Waals surface area contributed by atoms with Crippen molar-refractivity contribution in [2.75, 3.05) is 11.4 Å². The first kappa shape index (κ1) is 14.2. The molecular weight excluding hydrogens is 291 g/mol. The van der Waals surface area contributed by atoms with Gasteiger partial charge in [0, 0.05) is 6.54 Å². The number of hydrogen-bond acceptors (Lipinski definition) is 3. The first-order valence-corrected chi connectivity index (χ1v) is 7.95. The van der Waals surface area contributed by atoms with E-state index in [1.807, 2.05) is 35.8 Å². The van der Waals surface area contributed by atoms with Gasteiger partial charge in [0.05, 0.1) is 17.9 Å². The highest BCUT2D eigenvalue weighted by Crippen LogP contribution is 2.38. The van der Waals surface area contributed by atoms with E-state index in [2.05, 4.69) is 16.8 Å². The van der Waals surface area contributed by atoms with Gasteiger partial charge in [-0.2, -0.15) is 0 Å². The largest absolute Gasteiger partial charge is 0.348 e. The molecule has 3 heterocycles. The molecule has 1 aliphatic heterocycles. The highest BCUT2D eigenvalue weighted by Gasteiger charge is 2.32. The quantitative estimate of drug-likeness (QED) is 0.722. The molecule has 0 bridgehead atoms. The fourth-order valence-electron chi connectivity index (χ4n) is 3.46. The molecule has 23 heavy (non-hydrogen) atoms. The van der Waals surface area contributed by atoms with Gasteiger partial charge in [-0.25, -0.2) is 13.9 Å². The number of aryl methyl sites for hydroxylation is 1. The van der Waals surface area contributed by atoms with Gasteiger partial charge in [0.25, 0.3) is 0 Å². The molecule has 3 aromatic rings. The van der Waals surface area contributed by atoms with Gasteiger partial charge in [0.2, 0.25) is 0 Å². The van der Waals surface area contributed by atoms with Crippen LogP contribution in [0.2, 0.25) is 0 Å². The van der Waals surface area contributed by atoms with Crippen molar-refractivity contribution >= 4 is 11.5 Å². The second-order valence-corrected chi connectivity index (χ2v) is 6.43. The Bertz CT molecular complexity index is 857. The fourth-order valence-corrected chi connectivity index (χ4v) is 3.46. The SMILES string of the molecule is Cc1cnc2ccc(N3C[C@@H](C)C[C@@H]3c3cccc(F)c3)nn12. The number of hydrogen-bond donors (Lipinski definition) is 0. The van der Waals surface area contributed by atoms with Gasteiger partial charge in [0.15, 0.2) is 5.65 Å². The highest BCUT2D eigenvalue weighted by molar-refractivity contribution is 5.49. The monoisotopic (exact) mass is 310 g/mol. The number of imidazole rings is 1. The lowest BCUT2D eigenvalue weighted by Crippen LogP contribution is -2.25. The molecule has 118 valence electrons. The minimum Gasteiger partial charge on any atom is -0.348 e. The molecule has 4 rings (SSSR count). The summed E-state index contributed by atoms with van der Waals surface area (Å²) in [5.41, 5.74) is 2.87. The van der Waals surface area contributed by atoms with Crippen molar-refractivity contribution in [3.63, 3.8) is 0 Å². The van der Waals surface area contributed by atoms with Gasteiger partial charge in [-0.3, -0.25) is 0 Å². The van der Waals surface area contributed by atoms with Crippen LogP contribution < -0.4 is 4.90 Å². The predicted octanol–water partition coefficient (Wildman–Crippen LogP) is 3.76. The number of halogens is 1. The zero-order valence-electron chi connectivity index (χ0n) is 13.3. The first-order chi connectivity index (χ1) is 11.1. The van der Waals surface area contributed by atoms with Gasteiger partial charge in [-0.15, -0.1) is 5.10 Å². The third kappa shape index (κ3) is 2.46. The molecule has 0 N–H and O–H groups in total. The smallest absolute Gasteiger partial charge is 0.153 e. The summed E-state index contributed by atoms with van der Waals surface area (Å²) in [6, 6.07) is 11.1. The van der Waals surface area contributed by atoms with Crippen LogP contribution in [-0.4, -0.2) is 21.1 Å². The van der Waals surface area contributed by atoms with Crippen molar-refractivity contribution in [1.29, 1.82) is 0 Å². The summed E-state index contributed by atoms with van der Waals surface area (Å²) in [6.07, 6.45) is 2.83. The summed E-state index contributed by atoms with van der Waals surface area (Å²) in [7, 11) is 0. The van der Waals surface area contributed by atoms with Crippen molar-refractivity contribution in [3.05, 3.63) is 59.7 Å². The Kier molecular flexibility index (Phi) is 3.29. The molecule has 0 unspecified atom stereocenters. The maximum atomic E-state index is 13.6. The van der Waals surface area contributed by atoms with E-state index in [9.17, 15) is 4.39 Å². The van der Waals surface area contributed by atoms with Crippen molar-refractivity contribution in [3.8, 4) is 0 Å². The summed E-state index contributed by atoms with van der Waals surface area (Å²) >= 11 is 0. The van der Waals surface area contributed by atoms with E-state index >= 15 is 0 Å². The second-order valence-electron chi connectivity index (χ2n) is 6.43. The molecule has 2 atom stereocenters. The maximum absolute atomic E-state index is 13.6. The van der Waals surface area contributed by atoms with Crippen LogP contribution in [0.3, 0.4) is 0 Å². The summed E-state index contributed by atoms with van der Waals surface area (Å²) in [6.45, 7) is 5.15. The minimum absolute atomic E-state index is 0.162. The number of benzene rings is 1. The van der Waals surface area contributed by atoms with Crippen LogP contribution in [0, 0.1) is 18.7 Å². The van der Waals surface area contributed by atoms with Crippen LogP contribution in [0.5, 0.6) is 0 Å². The molecule has 0 radical (unpaired) electrons. The number of anilines is 1. The normalized spacial score (nSPS) is 21.3. The average molecular weight is 310 g/mol. The first-order valence-electron chi connectivity index (χ1n) is 7.95. The molecular formula is C18H19FN4. The molecule has 2 aromatic heterocycles. The molecule has 5 heteroatoms. The average Bonchev–Trinajstić information content (AvgIpc) is 3.11. The number of nitrogens with zero attached hydrogens (tertiary/aromatic N) is 4. The molecule has 0 aliphatic carbocycles. The summed E-state index contributed by atoms with van der Waals surface area (Å²) in [4.78, 5) is 6.60. The van der Waals surface area contributed by atoms with Crippen LogP contribution in [0.15, 0.2) is 42.6 Å². The lowest BCUT2D eigenvalue weighted by molar-refractivity contribution is 0.601. The Hall–Kier alpha value is -2.43. The van der Waals surface area contributed by atoms with E-state index in [1.54, 1.807) is 12.1 Å². The Morgan fingerprint density at radius 2 is 2.09 bits per heavy atom. The van der Waals surface area contributed by atoms with E-state index in [4.69, 9.17) is 5.10 Å². The van der Waals surface area contributed by atoms with Gasteiger partial charge in [-0.05, 0) is 49.1 Å². The number of rotatable bonds is 2. The molecule has 1 aromatic carbocycles. The Morgan fingerprint density at radius 1 is 1.22 bits per heavy atom. The van der Waals surface area contributed by atoms with Crippen LogP contribution in [0.25, 0.3) is 5.65 Å². The van der Waals surface area contributed by atoms with Crippen molar-refractivity contribution < 1.29 is 4.39 Å². The fraction of sp³-hybridized carbons (Fsp3) is 0.333. The van der Waals surface area contributed by atoms with Gasteiger partial charge in [0.1, 0.15) is 11.6 Å². The van der Waals surface area contributed by atoms with Gasteiger partial charge in [-0.1, -0.05) is 19.1 Å². The molecule has 0 amide bonds. The molecule has 4 nitrogen and oxygen atoms in total. The van der Waals surface area contributed by atoms with E-state index < -0.39 is 0 Å². The van der Waals surface area contributed by atoms with Crippen molar-refractivity contribution in [2.24, 2.45) is 5.92 Å². The number of aromatic nitrogens is 3. The summed E-state index contributed by atoms with van der Waals surface area (Å²) in [5.74, 6) is 1.28. The second kappa shape index (κ2) is 5.33. The molecule has 0 spiro atoms. The lowest BCUT2D eigenvalue weighted by Gasteiger charge is -2.26. The molecule has 1 fully saturated rings. The van der Waals surface area contributed by atoms with E-state index in [1.165, 1.54) is 6.07 Å². The Balaban J connectivity index is 1.76. The third-order valence-corrected chi connectivity index (χ3v) is 4.56. The van der Waals surface area contributed by atoms with Crippen molar-refractivity contribution in [1.82, 2.24) is 14.6 Å². The zero-order valence-corrected chi connectivity index (χ0v) is 13.3. The third-order valence-electron chi connectivity index (χ3n) is 4.56. The zero-order chi connectivity index (χ0) is 16.0. The summed E-state index contributed by atoms with van der Waals surface area (Å²) < 4.78 is 15.5. The Labute approximate surface area is 134 Å². The van der Waals surface area contributed by atoms with Crippen LogP contribution in [0.1, 0.15) is 30.6 Å². The standard InChI is InChI=1S/C18H19FN4/c1-12-8-16(14-4-3-5-15(19)9-14)22(11-12)18-7-6-17-20-10-13(2)23(17)21-18/h3-7,9-10,12,16H,8,11H2,1-2H3/t12-,16+/m0/s1. The minimum atomic E-state index is -0.184. The summed E-state index contributed by atoms with van der Waals surface area (Å²) in [5, 5.41) is 4.74. The molecule has 1 aliphatic rings. The highest BCUT2D eigenvalue weighted by atomic mass is 19.1. The molecule has 0 saturated carbocycles. The lowest BCUT2D eigenvalue weighted by atomic mass is 10.0.